The van der Waals surface area contributed by atoms with E-state index in [1.807, 2.05) is 0 Å². The third-order valence-corrected chi connectivity index (χ3v) is 12.9. The van der Waals surface area contributed by atoms with Crippen LogP contribution in [0.25, 0.3) is 64.6 Å². The van der Waals surface area contributed by atoms with Gasteiger partial charge in [0.2, 0.25) is 0 Å². The van der Waals surface area contributed by atoms with E-state index in [9.17, 15) is 0 Å². The molecule has 4 aliphatic rings. The SMILES string of the molecule is c1cc2c3ccc4c(N5CCCCC5)nc(N5CCCCC5)c5ccc(c6ccc7c(N8CCCCC8)nc(N8CCCCC8)c1c7c26)c3c45. The summed E-state index contributed by atoms with van der Waals surface area (Å²) in [5, 5.41) is 16.6. The predicted octanol–water partition coefficient (Wildman–Crippen LogP) is 10.2. The quantitative estimate of drug-likeness (QED) is 0.138. The fourth-order valence-corrected chi connectivity index (χ4v) is 10.5. The van der Waals surface area contributed by atoms with E-state index in [0.29, 0.717) is 0 Å². The minimum atomic E-state index is 1.11. The zero-order valence-corrected chi connectivity index (χ0v) is 29.4. The summed E-state index contributed by atoms with van der Waals surface area (Å²) in [6.07, 6.45) is 15.3. The number of fused-ring (bicyclic) bond motifs is 2. The second kappa shape index (κ2) is 11.6. The van der Waals surface area contributed by atoms with Crippen molar-refractivity contribution < 1.29 is 0 Å². The number of anilines is 4. The zero-order chi connectivity index (χ0) is 32.8. The molecule has 2 aromatic heterocycles. The molecule has 5 aromatic carbocycles. The summed E-state index contributed by atoms with van der Waals surface area (Å²) in [6, 6.07) is 19.5. The van der Waals surface area contributed by atoms with Crippen LogP contribution in [0.5, 0.6) is 0 Å². The number of benzene rings is 5. The molecule has 11 rings (SSSR count). The standard InChI is InChI=1S/C44H48N6/c1-5-21-47(22-6-1)41-33-17-13-29-31-15-19-35-40-36(44(50-27-11-4-12-28-50)46-43(35)49-25-9-3-10-26-49)20-16-32(38(31)40)30-14-18-34(39(33)37(29)30)42(45-41)48-23-7-2-8-24-48/h13-20H,1-12,21-28H2. The van der Waals surface area contributed by atoms with Crippen LogP contribution in [0.4, 0.5) is 23.3 Å². The molecular weight excluding hydrogens is 613 g/mol. The Morgan fingerprint density at radius 3 is 0.700 bits per heavy atom. The lowest BCUT2D eigenvalue weighted by Gasteiger charge is -2.34. The van der Waals surface area contributed by atoms with Gasteiger partial charge in [-0.1, -0.05) is 24.3 Å². The van der Waals surface area contributed by atoms with Gasteiger partial charge in [-0.25, -0.2) is 9.97 Å². The van der Waals surface area contributed by atoms with Crippen molar-refractivity contribution in [3.63, 3.8) is 0 Å². The van der Waals surface area contributed by atoms with Crippen LogP contribution in [0.1, 0.15) is 77.0 Å². The van der Waals surface area contributed by atoms with E-state index in [0.717, 1.165) is 52.4 Å². The molecule has 0 unspecified atom stereocenters. The van der Waals surface area contributed by atoms with Crippen LogP contribution in [0.3, 0.4) is 0 Å². The Hall–Kier alpha value is -4.32. The highest BCUT2D eigenvalue weighted by molar-refractivity contribution is 6.41. The van der Waals surface area contributed by atoms with Crippen molar-refractivity contribution in [1.29, 1.82) is 0 Å². The fraction of sp³-hybridized carbons (Fsp3) is 0.455. The average molecular weight is 661 g/mol. The molecule has 0 atom stereocenters. The van der Waals surface area contributed by atoms with Crippen molar-refractivity contribution in [2.75, 3.05) is 72.0 Å². The van der Waals surface area contributed by atoms with E-state index in [-0.39, 0.29) is 0 Å². The lowest BCUT2D eigenvalue weighted by atomic mass is 9.85. The molecule has 0 bridgehead atoms. The smallest absolute Gasteiger partial charge is 0.138 e. The molecule has 7 aromatic rings. The summed E-state index contributed by atoms with van der Waals surface area (Å²) in [4.78, 5) is 21.6. The molecule has 0 radical (unpaired) electrons. The van der Waals surface area contributed by atoms with Gasteiger partial charge in [0.1, 0.15) is 23.3 Å². The highest BCUT2D eigenvalue weighted by Crippen LogP contribution is 2.50. The molecule has 6 nitrogen and oxygen atoms in total. The van der Waals surface area contributed by atoms with Crippen LogP contribution >= 0.6 is 0 Å². The van der Waals surface area contributed by atoms with Gasteiger partial charge < -0.3 is 19.6 Å². The Labute approximate surface area is 294 Å². The topological polar surface area (TPSA) is 38.7 Å². The molecule has 0 spiro atoms. The summed E-state index contributed by atoms with van der Waals surface area (Å²) in [6.45, 7) is 8.85. The normalized spacial score (nSPS) is 19.8. The Kier molecular flexibility index (Phi) is 6.83. The molecule has 6 heterocycles. The van der Waals surface area contributed by atoms with Gasteiger partial charge in [-0.3, -0.25) is 0 Å². The molecule has 0 aliphatic carbocycles. The largest absolute Gasteiger partial charge is 0.356 e. The molecule has 6 heteroatoms. The number of hydrogen-bond acceptors (Lipinski definition) is 6. The van der Waals surface area contributed by atoms with Gasteiger partial charge in [0.25, 0.3) is 0 Å². The molecule has 254 valence electrons. The van der Waals surface area contributed by atoms with Crippen molar-refractivity contribution in [2.24, 2.45) is 0 Å². The van der Waals surface area contributed by atoms with E-state index in [1.165, 1.54) is 165 Å². The first-order chi connectivity index (χ1) is 24.8. The molecule has 4 aliphatic heterocycles. The van der Waals surface area contributed by atoms with Crippen LogP contribution in [0.15, 0.2) is 48.5 Å². The van der Waals surface area contributed by atoms with Gasteiger partial charge in [0.05, 0.1) is 0 Å². The molecule has 4 fully saturated rings. The van der Waals surface area contributed by atoms with E-state index in [4.69, 9.17) is 9.97 Å². The maximum absolute atomic E-state index is 5.59. The van der Waals surface area contributed by atoms with Crippen molar-refractivity contribution in [3.8, 4) is 0 Å². The lowest BCUT2D eigenvalue weighted by Crippen LogP contribution is -2.33. The first kappa shape index (κ1) is 29.4. The number of pyridine rings is 2. The van der Waals surface area contributed by atoms with Crippen molar-refractivity contribution in [3.05, 3.63) is 48.5 Å². The second-order valence-corrected chi connectivity index (χ2v) is 15.9. The minimum absolute atomic E-state index is 1.11. The van der Waals surface area contributed by atoms with Gasteiger partial charge in [0.15, 0.2) is 0 Å². The maximum Gasteiger partial charge on any atom is 0.138 e. The van der Waals surface area contributed by atoms with Crippen LogP contribution in [0, 0.1) is 0 Å². The van der Waals surface area contributed by atoms with E-state index >= 15 is 0 Å². The third-order valence-electron chi connectivity index (χ3n) is 12.9. The van der Waals surface area contributed by atoms with Gasteiger partial charge in [-0.15, -0.1) is 0 Å². The van der Waals surface area contributed by atoms with Crippen molar-refractivity contribution in [1.82, 2.24) is 9.97 Å². The average Bonchev–Trinajstić information content (AvgIpc) is 3.20. The number of aromatic nitrogens is 2. The summed E-state index contributed by atoms with van der Waals surface area (Å²) < 4.78 is 0. The van der Waals surface area contributed by atoms with Crippen molar-refractivity contribution >= 4 is 87.9 Å². The summed E-state index contributed by atoms with van der Waals surface area (Å²) >= 11 is 0. The predicted molar refractivity (Wildman–Crippen MR) is 214 cm³/mol. The Balaban J connectivity index is 1.24. The molecular formula is C44H48N6. The number of rotatable bonds is 4. The van der Waals surface area contributed by atoms with Crippen LogP contribution < -0.4 is 19.6 Å². The van der Waals surface area contributed by atoms with E-state index in [1.54, 1.807) is 0 Å². The van der Waals surface area contributed by atoms with Crippen LogP contribution in [0.2, 0.25) is 0 Å². The fourth-order valence-electron chi connectivity index (χ4n) is 10.5. The number of nitrogens with zero attached hydrogens (tertiary/aromatic N) is 6. The maximum atomic E-state index is 5.59. The highest BCUT2D eigenvalue weighted by Gasteiger charge is 2.28. The van der Waals surface area contributed by atoms with Gasteiger partial charge in [-0.2, -0.15) is 0 Å². The lowest BCUT2D eigenvalue weighted by molar-refractivity contribution is 0.567. The number of hydrogen-bond donors (Lipinski definition) is 0. The van der Waals surface area contributed by atoms with Gasteiger partial charge in [0, 0.05) is 84.7 Å². The van der Waals surface area contributed by atoms with Gasteiger partial charge >= 0.3 is 0 Å². The monoisotopic (exact) mass is 660 g/mol. The molecule has 50 heavy (non-hydrogen) atoms. The Morgan fingerprint density at radius 1 is 0.260 bits per heavy atom. The van der Waals surface area contributed by atoms with Crippen LogP contribution in [-0.4, -0.2) is 62.3 Å². The molecule has 0 N–H and O–H groups in total. The first-order valence-electron chi connectivity index (χ1n) is 20.0. The second-order valence-electron chi connectivity index (χ2n) is 15.9. The summed E-state index contributed by atoms with van der Waals surface area (Å²) in [5.74, 6) is 4.84. The Morgan fingerprint density at radius 2 is 0.460 bits per heavy atom. The molecule has 0 amide bonds. The van der Waals surface area contributed by atoms with E-state index in [2.05, 4.69) is 68.1 Å². The highest BCUT2D eigenvalue weighted by atomic mass is 15.3. The molecule has 0 saturated carbocycles. The minimum Gasteiger partial charge on any atom is -0.356 e. The third kappa shape index (κ3) is 4.32. The van der Waals surface area contributed by atoms with Crippen molar-refractivity contribution in [2.45, 2.75) is 77.0 Å². The van der Waals surface area contributed by atoms with E-state index < -0.39 is 0 Å². The zero-order valence-electron chi connectivity index (χ0n) is 29.4. The summed E-state index contributed by atoms with van der Waals surface area (Å²) in [7, 11) is 0. The molecule has 4 saturated heterocycles. The first-order valence-corrected chi connectivity index (χ1v) is 20.0. The van der Waals surface area contributed by atoms with Crippen LogP contribution in [-0.2, 0) is 0 Å². The van der Waals surface area contributed by atoms with Gasteiger partial charge in [-0.05, 0) is 134 Å². The Bertz CT molecular complexity index is 2050. The number of piperidine rings is 4. The summed E-state index contributed by atoms with van der Waals surface area (Å²) in [5.41, 5.74) is 0.